The molecule has 2 amide bonds. The van der Waals surface area contributed by atoms with Crippen LogP contribution in [0.2, 0.25) is 5.02 Å². The summed E-state index contributed by atoms with van der Waals surface area (Å²) in [6.45, 7) is 2.56. The van der Waals surface area contributed by atoms with Gasteiger partial charge in [0.25, 0.3) is 5.91 Å². The number of halogens is 1. The van der Waals surface area contributed by atoms with E-state index in [-0.39, 0.29) is 17.9 Å². The molecule has 0 spiro atoms. The molecular weight excluding hydrogens is 348 g/mol. The van der Waals surface area contributed by atoms with Gasteiger partial charge in [-0.2, -0.15) is 0 Å². The van der Waals surface area contributed by atoms with E-state index < -0.39 is 0 Å². The van der Waals surface area contributed by atoms with E-state index in [1.54, 1.807) is 0 Å². The zero-order valence-corrected chi connectivity index (χ0v) is 15.5. The maximum Gasteiger partial charge on any atom is 0.251 e. The van der Waals surface area contributed by atoms with E-state index in [1.807, 2.05) is 48.2 Å². The maximum atomic E-state index is 12.7. The topological polar surface area (TPSA) is 49.4 Å². The number of carbonyl (C=O) groups excluding carboxylic acids is 2. The average Bonchev–Trinajstić information content (AvgIpc) is 3.25. The number of hydrogen-bond donors (Lipinski definition) is 1. The number of anilines is 1. The first-order valence-corrected chi connectivity index (χ1v) is 9.47. The highest BCUT2D eigenvalue weighted by molar-refractivity contribution is 6.31. The van der Waals surface area contributed by atoms with Crippen LogP contribution >= 0.6 is 11.6 Å². The van der Waals surface area contributed by atoms with Gasteiger partial charge in [0.15, 0.2) is 0 Å². The van der Waals surface area contributed by atoms with Crippen LogP contribution in [-0.4, -0.2) is 18.4 Å². The summed E-state index contributed by atoms with van der Waals surface area (Å²) in [5, 5.41) is 3.91. The monoisotopic (exact) mass is 368 g/mol. The van der Waals surface area contributed by atoms with Crippen molar-refractivity contribution in [2.75, 3.05) is 11.4 Å². The molecule has 2 aromatic rings. The quantitative estimate of drug-likeness (QED) is 0.888. The van der Waals surface area contributed by atoms with Crippen molar-refractivity contribution in [2.45, 2.75) is 38.6 Å². The van der Waals surface area contributed by atoms with E-state index in [1.165, 1.54) is 0 Å². The molecule has 0 bridgehead atoms. The Morgan fingerprint density at radius 1 is 1.23 bits per heavy atom. The Kier molecular flexibility index (Phi) is 4.45. The van der Waals surface area contributed by atoms with Crippen molar-refractivity contribution in [3.05, 3.63) is 63.7 Å². The lowest BCUT2D eigenvalue weighted by molar-refractivity contribution is -0.118. The molecule has 0 fully saturated rings. The number of amides is 2. The fourth-order valence-electron chi connectivity index (χ4n) is 3.99. The zero-order chi connectivity index (χ0) is 18.3. The van der Waals surface area contributed by atoms with E-state index in [4.69, 9.17) is 11.6 Å². The predicted octanol–water partition coefficient (Wildman–Crippen LogP) is 4.06. The molecule has 1 atom stereocenters. The van der Waals surface area contributed by atoms with Crippen molar-refractivity contribution >= 4 is 29.1 Å². The van der Waals surface area contributed by atoms with Gasteiger partial charge in [-0.25, -0.2) is 0 Å². The molecule has 0 saturated heterocycles. The summed E-state index contributed by atoms with van der Waals surface area (Å²) < 4.78 is 0. The van der Waals surface area contributed by atoms with Crippen molar-refractivity contribution in [3.63, 3.8) is 0 Å². The minimum atomic E-state index is -0.0779. The molecule has 0 saturated carbocycles. The Morgan fingerprint density at radius 3 is 2.88 bits per heavy atom. The number of nitrogens with one attached hydrogen (secondary N) is 1. The highest BCUT2D eigenvalue weighted by Gasteiger charge is 2.27. The molecule has 4 rings (SSSR count). The predicted molar refractivity (Wildman–Crippen MR) is 103 cm³/mol. The largest absolute Gasteiger partial charge is 0.345 e. The van der Waals surface area contributed by atoms with Crippen LogP contribution in [0.25, 0.3) is 0 Å². The van der Waals surface area contributed by atoms with Gasteiger partial charge in [-0.1, -0.05) is 30.7 Å². The minimum absolute atomic E-state index is 0.00243. The summed E-state index contributed by atoms with van der Waals surface area (Å²) >= 11 is 6.26. The van der Waals surface area contributed by atoms with Gasteiger partial charge in [-0.05, 0) is 60.2 Å². The minimum Gasteiger partial charge on any atom is -0.345 e. The average molecular weight is 369 g/mol. The number of carbonyl (C=O) groups is 2. The fraction of sp³-hybridized carbons (Fsp3) is 0.333. The fourth-order valence-corrected chi connectivity index (χ4v) is 4.27. The Morgan fingerprint density at radius 2 is 2.08 bits per heavy atom. The first kappa shape index (κ1) is 17.1. The molecule has 5 heteroatoms. The highest BCUT2D eigenvalue weighted by atomic mass is 35.5. The third-order valence-electron chi connectivity index (χ3n) is 5.36. The van der Waals surface area contributed by atoms with Gasteiger partial charge in [-0.15, -0.1) is 0 Å². The number of rotatable bonds is 3. The zero-order valence-electron chi connectivity index (χ0n) is 14.7. The van der Waals surface area contributed by atoms with Crippen molar-refractivity contribution in [1.29, 1.82) is 0 Å². The van der Waals surface area contributed by atoms with Crippen LogP contribution in [0.5, 0.6) is 0 Å². The van der Waals surface area contributed by atoms with Crippen molar-refractivity contribution in [2.24, 2.45) is 0 Å². The van der Waals surface area contributed by atoms with Crippen molar-refractivity contribution in [3.8, 4) is 0 Å². The summed E-state index contributed by atoms with van der Waals surface area (Å²) in [7, 11) is 0. The first-order chi connectivity index (χ1) is 12.6. The number of nitrogens with zero attached hydrogens (tertiary/aromatic N) is 1. The summed E-state index contributed by atoms with van der Waals surface area (Å²) in [4.78, 5) is 26.6. The first-order valence-electron chi connectivity index (χ1n) is 9.10. The van der Waals surface area contributed by atoms with E-state index in [9.17, 15) is 9.59 Å². The molecule has 134 valence electrons. The molecule has 0 radical (unpaired) electrons. The highest BCUT2D eigenvalue weighted by Crippen LogP contribution is 2.36. The summed E-state index contributed by atoms with van der Waals surface area (Å²) in [6, 6.07) is 11.5. The second kappa shape index (κ2) is 6.76. The third kappa shape index (κ3) is 2.88. The lowest BCUT2D eigenvalue weighted by Gasteiger charge is -2.17. The van der Waals surface area contributed by atoms with E-state index in [2.05, 4.69) is 5.32 Å². The molecule has 26 heavy (non-hydrogen) atoms. The molecule has 2 aliphatic rings. The Balaban J connectivity index is 1.53. The second-order valence-electron chi connectivity index (χ2n) is 6.86. The molecule has 1 heterocycles. The second-order valence-corrected chi connectivity index (χ2v) is 7.27. The lowest BCUT2D eigenvalue weighted by atomic mass is 10.1. The molecular formula is C21H21ClN2O2. The molecule has 1 unspecified atom stereocenters. The standard InChI is InChI=1S/C21H21ClN2O2/c1-2-20(25)24-11-10-13-12-14(6-9-19(13)24)21(26)23-18-8-7-15-16(18)4-3-5-17(15)22/h3-6,9,12,18H,2,7-8,10-11H2,1H3,(H,23,26). The lowest BCUT2D eigenvalue weighted by Crippen LogP contribution is -2.28. The molecule has 4 nitrogen and oxygen atoms in total. The van der Waals surface area contributed by atoms with Crippen LogP contribution in [-0.2, 0) is 17.6 Å². The van der Waals surface area contributed by atoms with Gasteiger partial charge in [-0.3, -0.25) is 9.59 Å². The maximum absolute atomic E-state index is 12.7. The van der Waals surface area contributed by atoms with Gasteiger partial charge < -0.3 is 10.2 Å². The van der Waals surface area contributed by atoms with Crippen LogP contribution in [0.15, 0.2) is 36.4 Å². The Bertz CT molecular complexity index is 894. The smallest absolute Gasteiger partial charge is 0.251 e. The van der Waals surface area contributed by atoms with Crippen LogP contribution in [0.1, 0.15) is 52.9 Å². The molecule has 1 aliphatic heterocycles. The normalized spacial score (nSPS) is 17.8. The van der Waals surface area contributed by atoms with Gasteiger partial charge in [0.1, 0.15) is 0 Å². The molecule has 0 aromatic heterocycles. The Hall–Kier alpha value is -2.33. The van der Waals surface area contributed by atoms with E-state index >= 15 is 0 Å². The van der Waals surface area contributed by atoms with Crippen molar-refractivity contribution < 1.29 is 9.59 Å². The van der Waals surface area contributed by atoms with Crippen LogP contribution in [0.4, 0.5) is 5.69 Å². The number of benzene rings is 2. The third-order valence-corrected chi connectivity index (χ3v) is 5.71. The van der Waals surface area contributed by atoms with Crippen LogP contribution in [0, 0.1) is 0 Å². The van der Waals surface area contributed by atoms with Gasteiger partial charge in [0.05, 0.1) is 6.04 Å². The van der Waals surface area contributed by atoms with E-state index in [0.717, 1.165) is 46.7 Å². The van der Waals surface area contributed by atoms with Crippen molar-refractivity contribution in [1.82, 2.24) is 5.32 Å². The van der Waals surface area contributed by atoms with Crippen LogP contribution in [0.3, 0.4) is 0 Å². The number of hydrogen-bond acceptors (Lipinski definition) is 2. The summed E-state index contributed by atoms with van der Waals surface area (Å²) in [5.41, 5.74) is 4.90. The summed E-state index contributed by atoms with van der Waals surface area (Å²) in [6.07, 6.45) is 3.04. The van der Waals surface area contributed by atoms with Crippen LogP contribution < -0.4 is 10.2 Å². The number of fused-ring (bicyclic) bond motifs is 2. The molecule has 1 aliphatic carbocycles. The van der Waals surface area contributed by atoms with E-state index in [0.29, 0.717) is 18.5 Å². The SMILES string of the molecule is CCC(=O)N1CCc2cc(C(=O)NC3CCc4c(Cl)cccc43)ccc21. The summed E-state index contributed by atoms with van der Waals surface area (Å²) in [5.74, 6) is 0.0475. The molecule has 1 N–H and O–H groups in total. The van der Waals surface area contributed by atoms with Gasteiger partial charge >= 0.3 is 0 Å². The van der Waals surface area contributed by atoms with Gasteiger partial charge in [0.2, 0.25) is 5.91 Å². The molecule has 2 aromatic carbocycles. The Labute approximate surface area is 158 Å². The van der Waals surface area contributed by atoms with Gasteiger partial charge in [0, 0.05) is 29.2 Å².